The minimum atomic E-state index is -0.932. The van der Waals surface area contributed by atoms with Crippen LogP contribution in [0.5, 0.6) is 0 Å². The number of hydrogen-bond acceptors (Lipinski definition) is 3. The van der Waals surface area contributed by atoms with E-state index in [0.29, 0.717) is 5.02 Å². The topological polar surface area (TPSA) is 73.1 Å². The van der Waals surface area contributed by atoms with E-state index in [9.17, 15) is 14.4 Å². The predicted molar refractivity (Wildman–Crippen MR) is 132 cm³/mol. The molecule has 6 nitrogen and oxygen atoms in total. The van der Waals surface area contributed by atoms with Gasteiger partial charge in [0, 0.05) is 5.02 Å². The third-order valence-corrected chi connectivity index (χ3v) is 6.12. The van der Waals surface area contributed by atoms with E-state index in [1.807, 2.05) is 37.3 Å². The van der Waals surface area contributed by atoms with Crippen molar-refractivity contribution in [2.24, 2.45) is 0 Å². The molecule has 1 amide bonds. The lowest BCUT2D eigenvalue weighted by Crippen LogP contribution is -2.44. The van der Waals surface area contributed by atoms with Gasteiger partial charge in [-0.05, 0) is 49.7 Å². The van der Waals surface area contributed by atoms with Crippen LogP contribution in [0.3, 0.4) is 0 Å². The molecule has 1 aromatic heterocycles. The molecule has 168 valence electrons. The molecule has 4 aromatic rings. The van der Waals surface area contributed by atoms with Crippen LogP contribution in [0.4, 0.5) is 0 Å². The molecule has 1 heterocycles. The predicted octanol–water partition coefficient (Wildman–Crippen LogP) is 4.90. The molecule has 0 saturated carbocycles. The molecule has 0 saturated heterocycles. The maximum absolute atomic E-state index is 13.6. The zero-order valence-corrected chi connectivity index (χ0v) is 19.5. The number of aromatic nitrogens is 2. The van der Waals surface area contributed by atoms with Crippen LogP contribution in [-0.4, -0.2) is 15.0 Å². The van der Waals surface area contributed by atoms with Gasteiger partial charge in [-0.2, -0.15) is 0 Å². The highest BCUT2D eigenvalue weighted by atomic mass is 35.5. The molecule has 2 atom stereocenters. The van der Waals surface area contributed by atoms with Crippen LogP contribution in [-0.2, 0) is 4.79 Å². The van der Waals surface area contributed by atoms with Gasteiger partial charge in [-0.15, -0.1) is 0 Å². The molecule has 1 N–H and O–H groups in total. The molecule has 0 bridgehead atoms. The normalized spacial score (nSPS) is 13.0. The summed E-state index contributed by atoms with van der Waals surface area (Å²) >= 11 is 12.5. The zero-order valence-electron chi connectivity index (χ0n) is 18.0. The number of carbonyl (C=O) groups excluding carboxylic acids is 1. The molecule has 0 aliphatic carbocycles. The monoisotopic (exact) mass is 481 g/mol. The van der Waals surface area contributed by atoms with Crippen LogP contribution in [0.15, 0.2) is 82.4 Å². The summed E-state index contributed by atoms with van der Waals surface area (Å²) in [5.74, 6) is -0.376. The zero-order chi connectivity index (χ0) is 23.7. The Morgan fingerprint density at radius 1 is 0.909 bits per heavy atom. The first-order valence-electron chi connectivity index (χ1n) is 10.4. The van der Waals surface area contributed by atoms with Crippen LogP contribution in [0, 0.1) is 0 Å². The maximum atomic E-state index is 13.6. The van der Waals surface area contributed by atoms with Crippen molar-refractivity contribution in [1.82, 2.24) is 14.5 Å². The number of halogens is 2. The number of nitrogens with one attached hydrogen (secondary N) is 1. The first-order chi connectivity index (χ1) is 15.8. The number of benzene rings is 3. The van der Waals surface area contributed by atoms with Crippen molar-refractivity contribution in [2.45, 2.75) is 25.9 Å². The fourth-order valence-electron chi connectivity index (χ4n) is 3.80. The van der Waals surface area contributed by atoms with Crippen molar-refractivity contribution in [3.05, 3.63) is 109 Å². The van der Waals surface area contributed by atoms with Crippen molar-refractivity contribution in [1.29, 1.82) is 0 Å². The Kier molecular flexibility index (Phi) is 6.40. The summed E-state index contributed by atoms with van der Waals surface area (Å²) in [4.78, 5) is 40.1. The second-order valence-corrected chi connectivity index (χ2v) is 8.57. The second-order valence-electron chi connectivity index (χ2n) is 7.72. The van der Waals surface area contributed by atoms with Crippen LogP contribution >= 0.6 is 23.2 Å². The summed E-state index contributed by atoms with van der Waals surface area (Å²) in [5.41, 5.74) is 0.222. The van der Waals surface area contributed by atoms with Crippen molar-refractivity contribution in [3.8, 4) is 5.69 Å². The Labute approximate surface area is 200 Å². The summed E-state index contributed by atoms with van der Waals surface area (Å²) in [6.45, 7) is 3.47. The summed E-state index contributed by atoms with van der Waals surface area (Å²) < 4.78 is 2.27. The lowest BCUT2D eigenvalue weighted by Gasteiger charge is -2.22. The average Bonchev–Trinajstić information content (AvgIpc) is 2.80. The van der Waals surface area contributed by atoms with Crippen molar-refractivity contribution in [3.63, 3.8) is 0 Å². The highest BCUT2D eigenvalue weighted by molar-refractivity contribution is 6.32. The van der Waals surface area contributed by atoms with Gasteiger partial charge in [-0.25, -0.2) is 9.36 Å². The van der Waals surface area contributed by atoms with Gasteiger partial charge in [0.25, 0.3) is 5.56 Å². The molecule has 8 heteroatoms. The number of hydrogen-bond donors (Lipinski definition) is 1. The van der Waals surface area contributed by atoms with E-state index in [4.69, 9.17) is 23.2 Å². The van der Waals surface area contributed by atoms with Gasteiger partial charge in [0.05, 0.1) is 27.7 Å². The lowest BCUT2D eigenvalue weighted by atomic mass is 10.1. The van der Waals surface area contributed by atoms with Gasteiger partial charge in [-0.3, -0.25) is 14.2 Å². The molecule has 33 heavy (non-hydrogen) atoms. The Hall–Kier alpha value is -3.35. The molecular weight excluding hydrogens is 461 g/mol. The van der Waals surface area contributed by atoms with Crippen LogP contribution in [0.2, 0.25) is 10.0 Å². The molecule has 0 radical (unpaired) electrons. The highest BCUT2D eigenvalue weighted by Gasteiger charge is 2.24. The number of rotatable bonds is 5. The standard InChI is InChI=1S/C25H21Cl2N3O3/c1-15(17-8-4-3-5-9-17)28-23(31)16(2)29-22-14-18(26)12-13-19(22)24(32)30(25(29)33)21-11-7-6-10-20(21)27/h3-16H,1-2H3,(H,28,31). The summed E-state index contributed by atoms with van der Waals surface area (Å²) in [6.07, 6.45) is 0. The van der Waals surface area contributed by atoms with Crippen LogP contribution < -0.4 is 16.6 Å². The van der Waals surface area contributed by atoms with E-state index in [-0.39, 0.29) is 33.6 Å². The Balaban J connectivity index is 1.88. The Morgan fingerprint density at radius 3 is 2.27 bits per heavy atom. The smallest absolute Gasteiger partial charge is 0.336 e. The number of fused-ring (bicyclic) bond motifs is 1. The van der Waals surface area contributed by atoms with E-state index >= 15 is 0 Å². The van der Waals surface area contributed by atoms with E-state index < -0.39 is 17.3 Å². The number of carbonyl (C=O) groups is 1. The summed E-state index contributed by atoms with van der Waals surface area (Å²) in [7, 11) is 0. The number of nitrogens with zero attached hydrogens (tertiary/aromatic N) is 2. The van der Waals surface area contributed by atoms with Crippen molar-refractivity contribution in [2.75, 3.05) is 0 Å². The van der Waals surface area contributed by atoms with Crippen LogP contribution in [0.25, 0.3) is 16.6 Å². The second kappa shape index (κ2) is 9.25. The molecule has 0 aliphatic heterocycles. The maximum Gasteiger partial charge on any atom is 0.336 e. The minimum absolute atomic E-state index is 0.241. The van der Waals surface area contributed by atoms with E-state index in [2.05, 4.69) is 5.32 Å². The van der Waals surface area contributed by atoms with Gasteiger partial charge in [0.2, 0.25) is 5.91 Å². The molecule has 2 unspecified atom stereocenters. The fourth-order valence-corrected chi connectivity index (χ4v) is 4.19. The number of para-hydroxylation sites is 1. The van der Waals surface area contributed by atoms with Gasteiger partial charge < -0.3 is 5.32 Å². The first kappa shape index (κ1) is 22.8. The minimum Gasteiger partial charge on any atom is -0.348 e. The molecule has 4 rings (SSSR count). The first-order valence-corrected chi connectivity index (χ1v) is 11.1. The van der Waals surface area contributed by atoms with Gasteiger partial charge in [0.1, 0.15) is 6.04 Å². The average molecular weight is 482 g/mol. The highest BCUT2D eigenvalue weighted by Crippen LogP contribution is 2.22. The lowest BCUT2D eigenvalue weighted by molar-refractivity contribution is -0.124. The van der Waals surface area contributed by atoms with Crippen molar-refractivity contribution < 1.29 is 4.79 Å². The number of amides is 1. The third-order valence-electron chi connectivity index (χ3n) is 5.57. The summed E-state index contributed by atoms with van der Waals surface area (Å²) in [6, 6.07) is 19.5. The Morgan fingerprint density at radius 2 is 1.58 bits per heavy atom. The Bertz CT molecular complexity index is 1460. The van der Waals surface area contributed by atoms with E-state index in [0.717, 1.165) is 10.1 Å². The van der Waals surface area contributed by atoms with Crippen LogP contribution in [0.1, 0.15) is 31.5 Å². The quantitative estimate of drug-likeness (QED) is 0.440. The third kappa shape index (κ3) is 4.32. The molecular formula is C25H21Cl2N3O3. The summed E-state index contributed by atoms with van der Waals surface area (Å²) in [5, 5.41) is 3.77. The molecule has 0 spiro atoms. The van der Waals surface area contributed by atoms with Gasteiger partial charge in [-0.1, -0.05) is 65.7 Å². The van der Waals surface area contributed by atoms with Gasteiger partial charge in [0.15, 0.2) is 0 Å². The van der Waals surface area contributed by atoms with Crippen molar-refractivity contribution >= 4 is 40.0 Å². The van der Waals surface area contributed by atoms with E-state index in [1.54, 1.807) is 43.3 Å². The fraction of sp³-hybridized carbons (Fsp3) is 0.160. The largest absolute Gasteiger partial charge is 0.348 e. The molecule has 0 aliphatic rings. The van der Waals surface area contributed by atoms with E-state index in [1.165, 1.54) is 10.6 Å². The molecule has 3 aromatic carbocycles. The molecule has 0 fully saturated rings. The SMILES string of the molecule is CC(NC(=O)C(C)n1c(=O)n(-c2ccccc2Cl)c(=O)c2ccc(Cl)cc21)c1ccccc1. The van der Waals surface area contributed by atoms with Gasteiger partial charge >= 0.3 is 5.69 Å².